The molecule has 1 aromatic heterocycles. The molecule has 0 bridgehead atoms. The van der Waals surface area contributed by atoms with E-state index >= 15 is 0 Å². The third-order valence-electron chi connectivity index (χ3n) is 4.00. The van der Waals surface area contributed by atoms with Crippen molar-refractivity contribution in [3.05, 3.63) is 53.6 Å². The lowest BCUT2D eigenvalue weighted by atomic mass is 9.99. The van der Waals surface area contributed by atoms with Gasteiger partial charge in [0.15, 0.2) is 5.76 Å². The van der Waals surface area contributed by atoms with Crippen LogP contribution in [-0.2, 0) is 6.61 Å². The van der Waals surface area contributed by atoms with E-state index in [2.05, 4.69) is 5.16 Å². The van der Waals surface area contributed by atoms with Gasteiger partial charge in [-0.15, -0.1) is 0 Å². The maximum absolute atomic E-state index is 9.92. The van der Waals surface area contributed by atoms with Gasteiger partial charge in [-0.25, -0.2) is 0 Å². The summed E-state index contributed by atoms with van der Waals surface area (Å²) in [4.78, 5) is 0. The molecule has 0 aliphatic heterocycles. The van der Waals surface area contributed by atoms with Crippen molar-refractivity contribution in [3.8, 4) is 34.1 Å². The summed E-state index contributed by atoms with van der Waals surface area (Å²) < 4.78 is 16.3. The molecular weight excluding hydrogens is 306 g/mol. The van der Waals surface area contributed by atoms with Gasteiger partial charge in [0.25, 0.3) is 0 Å². The molecule has 0 aliphatic rings. The van der Waals surface area contributed by atoms with Gasteiger partial charge in [-0.1, -0.05) is 29.4 Å². The highest BCUT2D eigenvalue weighted by atomic mass is 16.5. The molecule has 0 radical (unpaired) electrons. The van der Waals surface area contributed by atoms with Crippen LogP contribution in [0, 0.1) is 6.92 Å². The molecule has 5 heteroatoms. The largest absolute Gasteiger partial charge is 0.497 e. The average Bonchev–Trinajstić information content (AvgIpc) is 3.05. The van der Waals surface area contributed by atoms with Crippen molar-refractivity contribution in [1.29, 1.82) is 0 Å². The van der Waals surface area contributed by atoms with Crippen molar-refractivity contribution in [2.24, 2.45) is 0 Å². The van der Waals surface area contributed by atoms with Crippen molar-refractivity contribution in [1.82, 2.24) is 5.16 Å². The summed E-state index contributed by atoms with van der Waals surface area (Å²) in [5.74, 6) is 1.88. The van der Waals surface area contributed by atoms with Crippen molar-refractivity contribution >= 4 is 0 Å². The van der Waals surface area contributed by atoms with E-state index in [-0.39, 0.29) is 6.61 Å². The fourth-order valence-corrected chi connectivity index (χ4v) is 2.71. The lowest BCUT2D eigenvalue weighted by molar-refractivity contribution is 0.281. The van der Waals surface area contributed by atoms with E-state index < -0.39 is 0 Å². The van der Waals surface area contributed by atoms with Gasteiger partial charge in [0, 0.05) is 11.1 Å². The molecular formula is C19H19NO4. The topological polar surface area (TPSA) is 64.7 Å². The third-order valence-corrected chi connectivity index (χ3v) is 4.00. The van der Waals surface area contributed by atoms with Gasteiger partial charge in [0.2, 0.25) is 0 Å². The monoisotopic (exact) mass is 325 g/mol. The summed E-state index contributed by atoms with van der Waals surface area (Å²) in [6, 6.07) is 13.3. The van der Waals surface area contributed by atoms with E-state index in [0.717, 1.165) is 11.1 Å². The fraction of sp³-hybridized carbons (Fsp3) is 0.211. The zero-order chi connectivity index (χ0) is 17.1. The van der Waals surface area contributed by atoms with E-state index in [1.165, 1.54) is 0 Å². The molecule has 0 saturated carbocycles. The normalized spacial score (nSPS) is 10.7. The number of hydrogen-bond acceptors (Lipinski definition) is 5. The van der Waals surface area contributed by atoms with Gasteiger partial charge in [0.05, 0.1) is 26.4 Å². The predicted molar refractivity (Wildman–Crippen MR) is 91.1 cm³/mol. The summed E-state index contributed by atoms with van der Waals surface area (Å²) >= 11 is 0. The van der Waals surface area contributed by atoms with Gasteiger partial charge >= 0.3 is 0 Å². The summed E-state index contributed by atoms with van der Waals surface area (Å²) in [5.41, 5.74) is 3.83. The zero-order valence-electron chi connectivity index (χ0n) is 13.9. The van der Waals surface area contributed by atoms with E-state index in [1.807, 2.05) is 43.3 Å². The Morgan fingerprint density at radius 3 is 2.50 bits per heavy atom. The maximum atomic E-state index is 9.92. The second-order valence-electron chi connectivity index (χ2n) is 5.38. The van der Waals surface area contributed by atoms with Crippen molar-refractivity contribution < 1.29 is 19.1 Å². The fourth-order valence-electron chi connectivity index (χ4n) is 2.71. The standard InChI is InChI=1S/C19H19NO4/c1-12-6-4-5-7-14(12)19-16(11-21)18(20-24-19)15-10-13(22-2)8-9-17(15)23-3/h4-10,21H,11H2,1-3H3. The molecule has 1 N–H and O–H groups in total. The molecule has 0 amide bonds. The Balaban J connectivity index is 2.19. The summed E-state index contributed by atoms with van der Waals surface area (Å²) in [6.45, 7) is 1.80. The molecule has 0 spiro atoms. The van der Waals surface area contributed by atoms with E-state index in [9.17, 15) is 5.11 Å². The van der Waals surface area contributed by atoms with Crippen LogP contribution in [0.3, 0.4) is 0 Å². The number of aliphatic hydroxyl groups is 1. The van der Waals surface area contributed by atoms with Gasteiger partial charge in [-0.3, -0.25) is 0 Å². The van der Waals surface area contributed by atoms with E-state index in [4.69, 9.17) is 14.0 Å². The van der Waals surface area contributed by atoms with Crippen LogP contribution in [0.1, 0.15) is 11.1 Å². The van der Waals surface area contributed by atoms with Crippen LogP contribution in [-0.4, -0.2) is 24.5 Å². The number of rotatable bonds is 5. The Morgan fingerprint density at radius 1 is 1.04 bits per heavy atom. The second-order valence-corrected chi connectivity index (χ2v) is 5.38. The highest BCUT2D eigenvalue weighted by Crippen LogP contribution is 2.39. The molecule has 3 aromatic rings. The summed E-state index contributed by atoms with van der Waals surface area (Å²) in [6.07, 6.45) is 0. The Bertz CT molecular complexity index is 854. The van der Waals surface area contributed by atoms with Crippen LogP contribution in [0.15, 0.2) is 47.0 Å². The third kappa shape index (κ3) is 2.74. The second kappa shape index (κ2) is 6.76. The minimum absolute atomic E-state index is 0.192. The SMILES string of the molecule is COc1ccc(OC)c(-c2noc(-c3ccccc3C)c2CO)c1. The quantitative estimate of drug-likeness (QED) is 0.772. The Kier molecular flexibility index (Phi) is 4.53. The molecule has 0 fully saturated rings. The number of aliphatic hydroxyl groups excluding tert-OH is 1. The number of aryl methyl sites for hydroxylation is 1. The zero-order valence-corrected chi connectivity index (χ0v) is 13.9. The number of ether oxygens (including phenoxy) is 2. The Labute approximate surface area is 140 Å². The molecule has 0 unspecified atom stereocenters. The summed E-state index contributed by atoms with van der Waals surface area (Å²) in [5, 5.41) is 14.1. The highest BCUT2D eigenvalue weighted by molar-refractivity contribution is 5.77. The number of hydrogen-bond donors (Lipinski definition) is 1. The van der Waals surface area contributed by atoms with Crippen LogP contribution in [0.5, 0.6) is 11.5 Å². The first-order valence-electron chi connectivity index (χ1n) is 7.57. The number of nitrogens with zero attached hydrogens (tertiary/aromatic N) is 1. The maximum Gasteiger partial charge on any atom is 0.173 e. The van der Waals surface area contributed by atoms with Crippen LogP contribution in [0.2, 0.25) is 0 Å². The minimum Gasteiger partial charge on any atom is -0.497 e. The first kappa shape index (κ1) is 16.1. The predicted octanol–water partition coefficient (Wildman–Crippen LogP) is 3.83. The van der Waals surface area contributed by atoms with Crippen molar-refractivity contribution in [2.75, 3.05) is 14.2 Å². The first-order valence-corrected chi connectivity index (χ1v) is 7.57. The molecule has 0 aliphatic carbocycles. The lowest BCUT2D eigenvalue weighted by Crippen LogP contribution is -1.94. The van der Waals surface area contributed by atoms with Gasteiger partial charge in [-0.05, 0) is 30.7 Å². The van der Waals surface area contributed by atoms with Gasteiger partial charge in [0.1, 0.15) is 17.2 Å². The average molecular weight is 325 g/mol. The molecule has 124 valence electrons. The van der Waals surface area contributed by atoms with Gasteiger partial charge in [-0.2, -0.15) is 0 Å². The van der Waals surface area contributed by atoms with E-state index in [1.54, 1.807) is 20.3 Å². The van der Waals surface area contributed by atoms with Crippen LogP contribution in [0.4, 0.5) is 0 Å². The Morgan fingerprint density at radius 2 is 1.83 bits per heavy atom. The lowest BCUT2D eigenvalue weighted by Gasteiger charge is -2.09. The smallest absolute Gasteiger partial charge is 0.173 e. The number of benzene rings is 2. The van der Waals surface area contributed by atoms with Crippen LogP contribution >= 0.6 is 0 Å². The van der Waals surface area contributed by atoms with Crippen LogP contribution in [0.25, 0.3) is 22.6 Å². The van der Waals surface area contributed by atoms with E-state index in [0.29, 0.717) is 34.1 Å². The molecule has 0 atom stereocenters. The Hall–Kier alpha value is -2.79. The number of methoxy groups -OCH3 is 2. The molecule has 1 heterocycles. The molecule has 24 heavy (non-hydrogen) atoms. The van der Waals surface area contributed by atoms with Crippen molar-refractivity contribution in [2.45, 2.75) is 13.5 Å². The highest BCUT2D eigenvalue weighted by Gasteiger charge is 2.22. The first-order chi connectivity index (χ1) is 11.7. The molecule has 5 nitrogen and oxygen atoms in total. The van der Waals surface area contributed by atoms with Gasteiger partial charge < -0.3 is 19.1 Å². The summed E-state index contributed by atoms with van der Waals surface area (Å²) in [7, 11) is 3.19. The molecule has 0 saturated heterocycles. The molecule has 3 rings (SSSR count). The van der Waals surface area contributed by atoms with Crippen molar-refractivity contribution in [3.63, 3.8) is 0 Å². The molecule has 2 aromatic carbocycles. The van der Waals surface area contributed by atoms with Crippen LogP contribution < -0.4 is 9.47 Å². The minimum atomic E-state index is -0.192. The number of aromatic nitrogens is 1.